The second-order valence-electron chi connectivity index (χ2n) is 5.93. The van der Waals surface area contributed by atoms with E-state index in [1.165, 1.54) is 0 Å². The number of carbonyl (C=O) groups is 1. The third-order valence-electron chi connectivity index (χ3n) is 3.84. The summed E-state index contributed by atoms with van der Waals surface area (Å²) in [6, 6.07) is 17.4. The molecule has 128 valence electrons. The molecule has 3 N–H and O–H groups in total. The molecular weight excluding hydrogens is 300 g/mol. The van der Waals surface area contributed by atoms with Crippen molar-refractivity contribution in [3.05, 3.63) is 65.7 Å². The van der Waals surface area contributed by atoms with Crippen molar-refractivity contribution in [3.8, 4) is 5.75 Å². The lowest BCUT2D eigenvalue weighted by Gasteiger charge is -2.21. The highest BCUT2D eigenvalue weighted by atomic mass is 16.5. The Morgan fingerprint density at radius 3 is 2.46 bits per heavy atom. The van der Waals surface area contributed by atoms with Gasteiger partial charge in [0.2, 0.25) is 6.10 Å². The average molecular weight is 326 g/mol. The van der Waals surface area contributed by atoms with E-state index < -0.39 is 6.10 Å². The lowest BCUT2D eigenvalue weighted by molar-refractivity contribution is -0.128. The lowest BCUT2D eigenvalue weighted by atomic mass is 10.1. The molecule has 0 bridgehead atoms. The second-order valence-corrected chi connectivity index (χ2v) is 5.93. The van der Waals surface area contributed by atoms with Crippen molar-refractivity contribution in [2.45, 2.75) is 38.8 Å². The summed E-state index contributed by atoms with van der Waals surface area (Å²) in [5.41, 5.74) is 7.66. The second kappa shape index (κ2) is 9.08. The topological polar surface area (TPSA) is 64.3 Å². The first-order valence-electron chi connectivity index (χ1n) is 8.44. The van der Waals surface area contributed by atoms with Crippen LogP contribution in [0.15, 0.2) is 54.6 Å². The maximum atomic E-state index is 12.7. The van der Waals surface area contributed by atoms with Crippen molar-refractivity contribution >= 4 is 5.91 Å². The molecule has 0 fully saturated rings. The molecule has 0 aromatic heterocycles. The van der Waals surface area contributed by atoms with Gasteiger partial charge in [-0.25, -0.2) is 0 Å². The van der Waals surface area contributed by atoms with Gasteiger partial charge in [-0.2, -0.15) is 0 Å². The Bertz CT molecular complexity index is 641. The maximum Gasteiger partial charge on any atom is 0.265 e. The van der Waals surface area contributed by atoms with Gasteiger partial charge in [-0.3, -0.25) is 4.79 Å². The van der Waals surface area contributed by atoms with Crippen LogP contribution in [0.4, 0.5) is 0 Å². The molecule has 0 aliphatic heterocycles. The first kappa shape index (κ1) is 18.0. The summed E-state index contributed by atoms with van der Waals surface area (Å²) in [4.78, 5) is 12.7. The SMILES string of the molecule is CCc1ccccc1OC(C(=O)NCCC(C)N)c1ccccc1. The molecule has 2 atom stereocenters. The number of ether oxygens (including phenoxy) is 1. The van der Waals surface area contributed by atoms with E-state index in [0.717, 1.165) is 29.7 Å². The zero-order valence-electron chi connectivity index (χ0n) is 14.4. The van der Waals surface area contributed by atoms with Gasteiger partial charge in [0.1, 0.15) is 5.75 Å². The van der Waals surface area contributed by atoms with Gasteiger partial charge in [0.05, 0.1) is 0 Å². The number of aryl methyl sites for hydroxylation is 1. The molecule has 4 heteroatoms. The predicted molar refractivity (Wildman–Crippen MR) is 96.9 cm³/mol. The number of hydrogen-bond donors (Lipinski definition) is 2. The first-order chi connectivity index (χ1) is 11.6. The Hall–Kier alpha value is -2.33. The van der Waals surface area contributed by atoms with Gasteiger partial charge in [0, 0.05) is 18.2 Å². The summed E-state index contributed by atoms with van der Waals surface area (Å²) in [7, 11) is 0. The number of nitrogens with two attached hydrogens (primary N) is 1. The molecule has 0 spiro atoms. The zero-order valence-corrected chi connectivity index (χ0v) is 14.4. The van der Waals surface area contributed by atoms with Crippen LogP contribution in [-0.2, 0) is 11.2 Å². The third-order valence-corrected chi connectivity index (χ3v) is 3.84. The Morgan fingerprint density at radius 1 is 1.12 bits per heavy atom. The van der Waals surface area contributed by atoms with Crippen molar-refractivity contribution in [3.63, 3.8) is 0 Å². The molecule has 0 aliphatic carbocycles. The van der Waals surface area contributed by atoms with Crippen molar-refractivity contribution in [2.24, 2.45) is 5.73 Å². The molecule has 2 aromatic carbocycles. The smallest absolute Gasteiger partial charge is 0.265 e. The van der Waals surface area contributed by atoms with E-state index in [0.29, 0.717) is 6.54 Å². The quantitative estimate of drug-likeness (QED) is 0.783. The zero-order chi connectivity index (χ0) is 17.4. The fourth-order valence-corrected chi connectivity index (χ4v) is 2.45. The Kier molecular flexibility index (Phi) is 6.82. The van der Waals surface area contributed by atoms with Gasteiger partial charge in [-0.05, 0) is 31.4 Å². The van der Waals surface area contributed by atoms with E-state index >= 15 is 0 Å². The van der Waals surface area contributed by atoms with Crippen LogP contribution in [0, 0.1) is 0 Å². The normalized spacial score (nSPS) is 13.1. The van der Waals surface area contributed by atoms with Crippen LogP contribution in [0.3, 0.4) is 0 Å². The minimum atomic E-state index is -0.674. The number of para-hydroxylation sites is 1. The van der Waals surface area contributed by atoms with Crippen LogP contribution in [0.5, 0.6) is 5.75 Å². The van der Waals surface area contributed by atoms with E-state index in [1.54, 1.807) is 0 Å². The van der Waals surface area contributed by atoms with Crippen molar-refractivity contribution in [2.75, 3.05) is 6.54 Å². The summed E-state index contributed by atoms with van der Waals surface area (Å²) >= 11 is 0. The highest BCUT2D eigenvalue weighted by Gasteiger charge is 2.23. The maximum absolute atomic E-state index is 12.7. The minimum absolute atomic E-state index is 0.0576. The number of nitrogens with one attached hydrogen (secondary N) is 1. The van der Waals surface area contributed by atoms with E-state index in [-0.39, 0.29) is 11.9 Å². The lowest BCUT2D eigenvalue weighted by Crippen LogP contribution is -2.35. The summed E-state index contributed by atoms with van der Waals surface area (Å²) in [6.07, 6.45) is 0.912. The molecule has 24 heavy (non-hydrogen) atoms. The molecule has 0 heterocycles. The van der Waals surface area contributed by atoms with Crippen molar-refractivity contribution < 1.29 is 9.53 Å². The fraction of sp³-hybridized carbons (Fsp3) is 0.350. The van der Waals surface area contributed by atoms with Gasteiger partial charge >= 0.3 is 0 Å². The van der Waals surface area contributed by atoms with Crippen LogP contribution >= 0.6 is 0 Å². The number of amides is 1. The van der Waals surface area contributed by atoms with Gasteiger partial charge in [0.15, 0.2) is 0 Å². The molecule has 1 amide bonds. The highest BCUT2D eigenvalue weighted by molar-refractivity contribution is 5.82. The van der Waals surface area contributed by atoms with Gasteiger partial charge in [0.25, 0.3) is 5.91 Å². The molecule has 4 nitrogen and oxygen atoms in total. The molecular formula is C20H26N2O2. The van der Waals surface area contributed by atoms with Gasteiger partial charge in [-0.1, -0.05) is 55.5 Å². The van der Waals surface area contributed by atoms with E-state index in [9.17, 15) is 4.79 Å². The summed E-state index contributed by atoms with van der Waals surface area (Å²) < 4.78 is 6.10. The Morgan fingerprint density at radius 2 is 1.79 bits per heavy atom. The molecule has 0 aliphatic rings. The number of rotatable bonds is 8. The largest absolute Gasteiger partial charge is 0.476 e. The first-order valence-corrected chi connectivity index (χ1v) is 8.44. The van der Waals surface area contributed by atoms with Crippen LogP contribution in [0.1, 0.15) is 37.5 Å². The summed E-state index contributed by atoms with van der Waals surface area (Å²) in [5.74, 6) is 0.601. The summed E-state index contributed by atoms with van der Waals surface area (Å²) in [6.45, 7) is 4.54. The highest BCUT2D eigenvalue weighted by Crippen LogP contribution is 2.26. The van der Waals surface area contributed by atoms with Crippen molar-refractivity contribution in [1.82, 2.24) is 5.32 Å². The monoisotopic (exact) mass is 326 g/mol. The Labute approximate surface area is 144 Å². The molecule has 2 unspecified atom stereocenters. The van der Waals surface area contributed by atoms with Crippen LogP contribution in [0.25, 0.3) is 0 Å². The molecule has 0 saturated heterocycles. The standard InChI is InChI=1S/C20H26N2O2/c1-3-16-9-7-8-12-18(16)24-19(17-10-5-4-6-11-17)20(23)22-14-13-15(2)21/h4-12,15,19H,3,13-14,21H2,1-2H3,(H,22,23). The summed E-state index contributed by atoms with van der Waals surface area (Å²) in [5, 5.41) is 2.93. The van der Waals surface area contributed by atoms with E-state index in [4.69, 9.17) is 10.5 Å². The average Bonchev–Trinajstić information content (AvgIpc) is 2.60. The van der Waals surface area contributed by atoms with Crippen LogP contribution in [-0.4, -0.2) is 18.5 Å². The number of hydrogen-bond acceptors (Lipinski definition) is 3. The number of benzene rings is 2. The molecule has 0 radical (unpaired) electrons. The van der Waals surface area contributed by atoms with E-state index in [2.05, 4.69) is 12.2 Å². The minimum Gasteiger partial charge on any atom is -0.476 e. The molecule has 0 saturated carbocycles. The van der Waals surface area contributed by atoms with Gasteiger partial charge < -0.3 is 15.8 Å². The van der Waals surface area contributed by atoms with Crippen molar-refractivity contribution in [1.29, 1.82) is 0 Å². The van der Waals surface area contributed by atoms with Gasteiger partial charge in [-0.15, -0.1) is 0 Å². The van der Waals surface area contributed by atoms with Crippen LogP contribution < -0.4 is 15.8 Å². The predicted octanol–water partition coefficient (Wildman–Crippen LogP) is 3.22. The Balaban J connectivity index is 2.18. The fourth-order valence-electron chi connectivity index (χ4n) is 2.45. The molecule has 2 rings (SSSR count). The third kappa shape index (κ3) is 5.10. The van der Waals surface area contributed by atoms with E-state index in [1.807, 2.05) is 61.5 Å². The number of carbonyl (C=O) groups excluding carboxylic acids is 1. The molecule has 2 aromatic rings. The van der Waals surface area contributed by atoms with Crippen LogP contribution in [0.2, 0.25) is 0 Å².